The van der Waals surface area contributed by atoms with E-state index in [4.69, 9.17) is 30.8 Å². The van der Waals surface area contributed by atoms with Crippen LogP contribution in [0.2, 0.25) is 5.15 Å². The highest BCUT2D eigenvalue weighted by Gasteiger charge is 2.30. The van der Waals surface area contributed by atoms with Gasteiger partial charge in [0.25, 0.3) is 0 Å². The molecule has 4 aliphatic heterocycles. The highest BCUT2D eigenvalue weighted by Crippen LogP contribution is 2.28. The summed E-state index contributed by atoms with van der Waals surface area (Å²) in [5, 5.41) is 8.18. The van der Waals surface area contributed by atoms with Crippen molar-refractivity contribution in [2.75, 3.05) is 52.4 Å². The van der Waals surface area contributed by atoms with E-state index in [1.165, 1.54) is 12.8 Å². The number of halogens is 1. The van der Waals surface area contributed by atoms with E-state index in [1.807, 2.05) is 98.8 Å². The smallest absolute Gasteiger partial charge is 0.410 e. The number of hydrogen-bond acceptors (Lipinski definition) is 15. The van der Waals surface area contributed by atoms with Gasteiger partial charge in [0, 0.05) is 94.8 Å². The second kappa shape index (κ2) is 29.4. The van der Waals surface area contributed by atoms with Crippen molar-refractivity contribution in [3.8, 4) is 11.3 Å². The summed E-state index contributed by atoms with van der Waals surface area (Å²) in [5.41, 5.74) is 5.92. The molecular weight excluding hydrogens is 1040 g/mol. The molecule has 9 rings (SSSR count). The Kier molecular flexibility index (Phi) is 23.1. The highest BCUT2D eigenvalue weighted by atomic mass is 35.5. The predicted molar refractivity (Wildman–Crippen MR) is 312 cm³/mol. The van der Waals surface area contributed by atoms with Crippen LogP contribution in [0.25, 0.3) is 33.3 Å². The first kappa shape index (κ1) is 62.9. The van der Waals surface area contributed by atoms with Crippen LogP contribution in [0.5, 0.6) is 0 Å². The third-order valence-corrected chi connectivity index (χ3v) is 14.1. The van der Waals surface area contributed by atoms with Gasteiger partial charge in [-0.2, -0.15) is 5.10 Å². The molecule has 19 nitrogen and oxygen atoms in total. The number of rotatable bonds is 9. The van der Waals surface area contributed by atoms with Gasteiger partial charge < -0.3 is 39.0 Å². The Hall–Kier alpha value is -6.34. The monoisotopic (exact) mass is 1120 g/mol. The lowest BCUT2D eigenvalue weighted by molar-refractivity contribution is -0.112. The number of ether oxygens (including phenoxy) is 3. The summed E-state index contributed by atoms with van der Waals surface area (Å²) < 4.78 is 17.9. The first-order valence-electron chi connectivity index (χ1n) is 28.5. The molecule has 4 aliphatic rings. The van der Waals surface area contributed by atoms with Gasteiger partial charge in [-0.05, 0) is 176 Å². The number of aldehydes is 1. The maximum atomic E-state index is 12.3. The lowest BCUT2D eigenvalue weighted by Crippen LogP contribution is -2.43. The van der Waals surface area contributed by atoms with Gasteiger partial charge in [0.15, 0.2) is 0 Å². The van der Waals surface area contributed by atoms with Crippen molar-refractivity contribution in [2.45, 2.75) is 156 Å². The third kappa shape index (κ3) is 20.6. The minimum atomic E-state index is -0.467. The zero-order valence-electron chi connectivity index (χ0n) is 49.1. The number of pyridine rings is 2. The molecule has 4 unspecified atom stereocenters. The van der Waals surface area contributed by atoms with Crippen molar-refractivity contribution >= 4 is 58.2 Å². The number of amides is 3. The first-order chi connectivity index (χ1) is 37.9. The molecule has 5 aromatic rings. The summed E-state index contributed by atoms with van der Waals surface area (Å²) in [6.45, 7) is 27.1. The topological polar surface area (TPSA) is 213 Å². The van der Waals surface area contributed by atoms with Crippen molar-refractivity contribution < 1.29 is 33.4 Å². The fraction of sp³-hybridized carbons (Fsp3) is 0.617. The fourth-order valence-corrected chi connectivity index (χ4v) is 10.2. The van der Waals surface area contributed by atoms with Crippen LogP contribution < -0.4 is 5.32 Å². The number of carbonyl (C=O) groups is 4. The van der Waals surface area contributed by atoms with E-state index in [-0.39, 0.29) is 24.2 Å². The van der Waals surface area contributed by atoms with Gasteiger partial charge in [0.05, 0.1) is 34.3 Å². The van der Waals surface area contributed by atoms with Crippen molar-refractivity contribution in [2.24, 2.45) is 30.7 Å². The third-order valence-electron chi connectivity index (χ3n) is 13.9. The molecule has 4 atom stereocenters. The lowest BCUT2D eigenvalue weighted by atomic mass is 9.92. The van der Waals surface area contributed by atoms with E-state index in [9.17, 15) is 19.2 Å². The van der Waals surface area contributed by atoms with Gasteiger partial charge >= 0.3 is 18.3 Å². The minimum absolute atomic E-state index is 0.0220. The molecule has 436 valence electrons. The Morgan fingerprint density at radius 1 is 0.662 bits per heavy atom. The number of aromatic nitrogens is 8. The van der Waals surface area contributed by atoms with E-state index in [1.54, 1.807) is 45.3 Å². The van der Waals surface area contributed by atoms with Crippen LogP contribution >= 0.6 is 11.6 Å². The fourth-order valence-electron chi connectivity index (χ4n) is 10.0. The summed E-state index contributed by atoms with van der Waals surface area (Å²) >= 11 is 6.12. The number of nitrogens with one attached hydrogen (secondary N) is 1. The van der Waals surface area contributed by atoms with Crippen molar-refractivity contribution in [3.05, 3.63) is 78.5 Å². The van der Waals surface area contributed by atoms with Gasteiger partial charge in [0.2, 0.25) is 0 Å². The highest BCUT2D eigenvalue weighted by molar-refractivity contribution is 6.30. The quantitative estimate of drug-likeness (QED) is 0.0629. The molecule has 9 heterocycles. The maximum absolute atomic E-state index is 12.3. The van der Waals surface area contributed by atoms with E-state index < -0.39 is 16.8 Å². The normalized spacial score (nSPS) is 19.7. The molecule has 4 fully saturated rings. The van der Waals surface area contributed by atoms with Crippen LogP contribution in [0.1, 0.15) is 138 Å². The molecule has 0 bridgehead atoms. The van der Waals surface area contributed by atoms with Crippen LogP contribution in [0.4, 0.5) is 14.4 Å². The molecule has 3 amide bonds. The average molecular weight is 1120 g/mol. The van der Waals surface area contributed by atoms with E-state index in [0.29, 0.717) is 30.1 Å². The number of hydrogen-bond donors (Lipinski definition) is 1. The summed E-state index contributed by atoms with van der Waals surface area (Å²) in [6.07, 6.45) is 25.1. The molecule has 20 heteroatoms. The second-order valence-corrected chi connectivity index (χ2v) is 24.7. The number of carbonyl (C=O) groups excluding carboxylic acids is 4. The molecule has 5 aromatic heterocycles. The van der Waals surface area contributed by atoms with Crippen molar-refractivity contribution in [3.63, 3.8) is 0 Å². The summed E-state index contributed by atoms with van der Waals surface area (Å²) in [4.78, 5) is 78.6. The Balaban J connectivity index is 0.000000178. The molecule has 80 heavy (non-hydrogen) atoms. The first-order valence-corrected chi connectivity index (χ1v) is 28.9. The largest absolute Gasteiger partial charge is 0.444 e. The van der Waals surface area contributed by atoms with Crippen LogP contribution in [-0.4, -0.2) is 148 Å². The molecule has 1 N–H and O–H groups in total. The molecule has 4 saturated heterocycles. The summed E-state index contributed by atoms with van der Waals surface area (Å²) in [7, 11) is 1.92. The molecular formula is C60H87ClN12O7. The number of piperidine rings is 4. The Bertz CT molecular complexity index is 2770. The van der Waals surface area contributed by atoms with Crippen molar-refractivity contribution in [1.29, 1.82) is 0 Å². The van der Waals surface area contributed by atoms with Gasteiger partial charge in [-0.15, -0.1) is 6.58 Å². The maximum Gasteiger partial charge on any atom is 0.410 e. The zero-order valence-corrected chi connectivity index (χ0v) is 49.8. The molecule has 0 spiro atoms. The number of fused-ring (bicyclic) bond motifs is 2. The Morgan fingerprint density at radius 2 is 1.15 bits per heavy atom. The summed E-state index contributed by atoms with van der Waals surface area (Å²) in [5.74, 6) is 1.55. The van der Waals surface area contributed by atoms with Crippen LogP contribution in [0, 0.1) is 23.7 Å². The Labute approximate surface area is 478 Å². The van der Waals surface area contributed by atoms with Gasteiger partial charge in [0.1, 0.15) is 39.3 Å². The molecule has 0 aliphatic carbocycles. The van der Waals surface area contributed by atoms with E-state index >= 15 is 0 Å². The zero-order chi connectivity index (χ0) is 58.0. The number of aryl methyl sites for hydroxylation is 3. The SMILES string of the molecule is C=CC1CCCN(C(=O)OC(C)(C)C)C1.CC(C)(C)OC(=O)N1CCCC(C=O)C1.CC(C)(C)OC(=O)N1CCCC(CCc2nc(Cl)cc3nccnc23)C1.Cn1cc(-c2cc3nccnc3c(CCC3CCCNC3)n2)cn1. The van der Waals surface area contributed by atoms with E-state index in [0.717, 1.165) is 160 Å². The van der Waals surface area contributed by atoms with Crippen molar-refractivity contribution in [1.82, 2.24) is 59.7 Å². The average Bonchev–Trinajstić information content (AvgIpc) is 3.88. The van der Waals surface area contributed by atoms with Gasteiger partial charge in [-0.3, -0.25) is 29.6 Å². The molecule has 0 aromatic carbocycles. The number of likely N-dealkylation sites (tertiary alicyclic amines) is 3. The summed E-state index contributed by atoms with van der Waals surface area (Å²) in [6, 6.07) is 3.74. The van der Waals surface area contributed by atoms with Crippen LogP contribution in [-0.2, 0) is 38.9 Å². The van der Waals surface area contributed by atoms with Gasteiger partial charge in [-0.25, -0.2) is 19.4 Å². The molecule has 0 saturated carbocycles. The number of nitrogens with zero attached hydrogens (tertiary/aromatic N) is 11. The van der Waals surface area contributed by atoms with Crippen LogP contribution in [0.3, 0.4) is 0 Å². The molecule has 0 radical (unpaired) electrons. The second-order valence-electron chi connectivity index (χ2n) is 24.4. The standard InChI is InChI=1S/C19H25ClN4O2.C18H22N6.C12H21NO2.C11H19NO3/c1-19(2,3)26-18(25)24-10-4-5-13(12-24)6-7-14-17-15(11-16(20)23-14)21-8-9-22-17;1-24-12-14(11-22-24)16-9-17-18(21-8-7-20-17)15(23-16)5-4-13-3-2-6-19-10-13;1-5-10-7-6-8-13(9-10)11(14)15-12(2,3)4;1-11(2,3)15-10(14)12-6-4-5-9(7-12)8-13/h8-9,11,13H,4-7,10,12H2,1-3H3;7-9,11-13,19H,2-6,10H2,1H3;5,10H,1,6-9H2,2-4H3;8-9H,4-7H2,1-3H3. The van der Waals surface area contributed by atoms with Gasteiger partial charge in [-0.1, -0.05) is 17.7 Å². The minimum Gasteiger partial charge on any atom is -0.444 e. The predicted octanol–water partition coefficient (Wildman–Crippen LogP) is 11.3. The lowest BCUT2D eigenvalue weighted by Gasteiger charge is -2.34. The van der Waals surface area contributed by atoms with Crippen LogP contribution in [0.15, 0.2) is 62.0 Å². The Morgan fingerprint density at radius 3 is 1.66 bits per heavy atom. The van der Waals surface area contributed by atoms with E-state index in [2.05, 4.69) is 41.9 Å².